The van der Waals surface area contributed by atoms with Crippen LogP contribution in [0.15, 0.2) is 12.2 Å². The highest BCUT2D eigenvalue weighted by Gasteiger charge is 2.44. The Morgan fingerprint density at radius 1 is 1.67 bits per heavy atom. The van der Waals surface area contributed by atoms with E-state index < -0.39 is 0 Å². The third kappa shape index (κ3) is 0.575. The fraction of sp³-hybridized carbons (Fsp3) is 0.714. The van der Waals surface area contributed by atoms with Crippen molar-refractivity contribution in [1.29, 1.82) is 0 Å². The van der Waals surface area contributed by atoms with E-state index in [4.69, 9.17) is 5.73 Å². The van der Waals surface area contributed by atoms with Gasteiger partial charge in [-0.2, -0.15) is 0 Å². The van der Waals surface area contributed by atoms with Crippen LogP contribution in [0.1, 0.15) is 12.8 Å². The molecule has 0 aromatic carbocycles. The third-order valence-electron chi connectivity index (χ3n) is 2.44. The molecular weight excluding hydrogens is 114 g/mol. The summed E-state index contributed by atoms with van der Waals surface area (Å²) in [6, 6.07) is 0. The average molecular weight is 125 g/mol. The van der Waals surface area contributed by atoms with Gasteiger partial charge in [-0.3, -0.25) is 0 Å². The highest BCUT2D eigenvalue weighted by Crippen LogP contribution is 2.40. The molecule has 2 bridgehead atoms. The monoisotopic (exact) mass is 125 g/mol. The lowest BCUT2D eigenvalue weighted by atomic mass is 9.98. The molecular formula is C7H11NO. The zero-order valence-corrected chi connectivity index (χ0v) is 5.25. The first kappa shape index (κ1) is 5.45. The van der Waals surface area contributed by atoms with Gasteiger partial charge >= 0.3 is 0 Å². The van der Waals surface area contributed by atoms with E-state index in [1.54, 1.807) is 0 Å². The second kappa shape index (κ2) is 1.39. The molecule has 2 aliphatic rings. The van der Waals surface area contributed by atoms with Crippen molar-refractivity contribution in [1.82, 2.24) is 0 Å². The molecule has 2 heteroatoms. The van der Waals surface area contributed by atoms with Crippen LogP contribution in [0.25, 0.3) is 0 Å². The number of aliphatic hydroxyl groups excluding tert-OH is 1. The van der Waals surface area contributed by atoms with Crippen LogP contribution in [0.2, 0.25) is 0 Å². The van der Waals surface area contributed by atoms with Crippen LogP contribution >= 0.6 is 0 Å². The zero-order valence-electron chi connectivity index (χ0n) is 5.25. The molecule has 1 saturated carbocycles. The molecule has 0 radical (unpaired) electrons. The third-order valence-corrected chi connectivity index (χ3v) is 2.44. The van der Waals surface area contributed by atoms with Gasteiger partial charge in [0, 0.05) is 0 Å². The lowest BCUT2D eigenvalue weighted by Gasteiger charge is -2.22. The largest absolute Gasteiger partial charge is 0.391 e. The Kier molecular flexibility index (Phi) is 0.838. The van der Waals surface area contributed by atoms with E-state index in [9.17, 15) is 5.11 Å². The zero-order chi connectivity index (χ0) is 6.48. The molecule has 3 N–H and O–H groups in total. The van der Waals surface area contributed by atoms with Crippen molar-refractivity contribution >= 4 is 0 Å². The molecule has 50 valence electrons. The van der Waals surface area contributed by atoms with Crippen LogP contribution in [-0.2, 0) is 0 Å². The molecule has 2 rings (SSSR count). The number of rotatable bonds is 0. The summed E-state index contributed by atoms with van der Waals surface area (Å²) in [7, 11) is 0. The molecule has 3 atom stereocenters. The quantitative estimate of drug-likeness (QED) is 0.448. The summed E-state index contributed by atoms with van der Waals surface area (Å²) >= 11 is 0. The first-order valence-corrected chi connectivity index (χ1v) is 3.37. The summed E-state index contributed by atoms with van der Waals surface area (Å²) in [5, 5.41) is 9.30. The first-order valence-electron chi connectivity index (χ1n) is 3.37. The lowest BCUT2D eigenvalue weighted by molar-refractivity contribution is 0.130. The van der Waals surface area contributed by atoms with Crippen molar-refractivity contribution in [2.45, 2.75) is 24.5 Å². The first-order chi connectivity index (χ1) is 4.21. The van der Waals surface area contributed by atoms with Crippen molar-refractivity contribution in [3.05, 3.63) is 12.2 Å². The van der Waals surface area contributed by atoms with Gasteiger partial charge in [0.2, 0.25) is 0 Å². The van der Waals surface area contributed by atoms with E-state index in [1.165, 1.54) is 0 Å². The van der Waals surface area contributed by atoms with Crippen LogP contribution in [0.3, 0.4) is 0 Å². The Labute approximate surface area is 54.4 Å². The predicted molar refractivity (Wildman–Crippen MR) is 34.8 cm³/mol. The summed E-state index contributed by atoms with van der Waals surface area (Å²) in [5.74, 6) is 0.560. The summed E-state index contributed by atoms with van der Waals surface area (Å²) < 4.78 is 0. The minimum absolute atomic E-state index is 0.285. The van der Waals surface area contributed by atoms with Gasteiger partial charge in [-0.25, -0.2) is 0 Å². The van der Waals surface area contributed by atoms with Crippen molar-refractivity contribution in [2.24, 2.45) is 11.7 Å². The van der Waals surface area contributed by atoms with Crippen LogP contribution in [0.5, 0.6) is 0 Å². The lowest BCUT2D eigenvalue weighted by Crippen LogP contribution is -2.44. The predicted octanol–water partition coefficient (Wildman–Crippen LogP) is 0.0246. The van der Waals surface area contributed by atoms with Gasteiger partial charge in [0.05, 0.1) is 11.6 Å². The summed E-state index contributed by atoms with van der Waals surface area (Å²) in [6.07, 6.45) is 5.60. The summed E-state index contributed by atoms with van der Waals surface area (Å²) in [4.78, 5) is 0. The molecule has 0 aromatic heterocycles. The van der Waals surface area contributed by atoms with Gasteiger partial charge in [0.25, 0.3) is 0 Å². The molecule has 0 amide bonds. The summed E-state index contributed by atoms with van der Waals surface area (Å²) in [6.45, 7) is 0. The van der Waals surface area contributed by atoms with Gasteiger partial charge in [-0.05, 0) is 18.8 Å². The number of hydrogen-bond acceptors (Lipinski definition) is 2. The molecule has 0 aliphatic heterocycles. The number of hydrogen-bond donors (Lipinski definition) is 2. The minimum atomic E-state index is -0.356. The van der Waals surface area contributed by atoms with Crippen molar-refractivity contribution in [2.75, 3.05) is 0 Å². The highest BCUT2D eigenvalue weighted by molar-refractivity contribution is 5.23. The van der Waals surface area contributed by atoms with Crippen LogP contribution in [0.4, 0.5) is 0 Å². The van der Waals surface area contributed by atoms with E-state index >= 15 is 0 Å². The Balaban J connectivity index is 2.33. The highest BCUT2D eigenvalue weighted by atomic mass is 16.3. The van der Waals surface area contributed by atoms with E-state index in [2.05, 4.69) is 6.08 Å². The molecule has 2 nitrogen and oxygen atoms in total. The number of nitrogens with two attached hydrogens (primary N) is 1. The standard InChI is InChI=1S/C7H11NO/c8-7-2-1-5(4-7)3-6(7)9/h1-2,5-6,9H,3-4,8H2/t5-,6+,7+/m1/s1. The Hall–Kier alpha value is -0.340. The molecule has 0 heterocycles. The van der Waals surface area contributed by atoms with Gasteiger partial charge < -0.3 is 10.8 Å². The molecule has 9 heavy (non-hydrogen) atoms. The van der Waals surface area contributed by atoms with Crippen molar-refractivity contribution in [3.8, 4) is 0 Å². The smallest absolute Gasteiger partial charge is 0.0761 e. The Morgan fingerprint density at radius 3 is 2.67 bits per heavy atom. The van der Waals surface area contributed by atoms with Crippen LogP contribution in [-0.4, -0.2) is 16.7 Å². The van der Waals surface area contributed by atoms with E-state index in [-0.39, 0.29) is 11.6 Å². The fourth-order valence-corrected chi connectivity index (χ4v) is 1.82. The topological polar surface area (TPSA) is 46.2 Å². The number of aliphatic hydroxyl groups is 1. The maximum atomic E-state index is 9.30. The maximum Gasteiger partial charge on any atom is 0.0761 e. The number of allylic oxidation sites excluding steroid dienone is 1. The van der Waals surface area contributed by atoms with Crippen molar-refractivity contribution in [3.63, 3.8) is 0 Å². The molecule has 0 saturated heterocycles. The second-order valence-electron chi connectivity index (χ2n) is 3.19. The molecule has 1 fully saturated rings. The average Bonchev–Trinajstić information content (AvgIpc) is 2.22. The van der Waals surface area contributed by atoms with Gasteiger partial charge in [0.15, 0.2) is 0 Å². The molecule has 0 spiro atoms. The SMILES string of the molecule is N[C@]12C=C[C@H](C[C@@H]1O)C2. The molecule has 0 unspecified atom stereocenters. The van der Waals surface area contributed by atoms with Gasteiger partial charge in [0.1, 0.15) is 0 Å². The van der Waals surface area contributed by atoms with Crippen LogP contribution in [0, 0.1) is 5.92 Å². The van der Waals surface area contributed by atoms with E-state index in [1.807, 2.05) is 6.08 Å². The fourth-order valence-electron chi connectivity index (χ4n) is 1.82. The summed E-state index contributed by atoms with van der Waals surface area (Å²) in [5.41, 5.74) is 5.45. The van der Waals surface area contributed by atoms with Crippen LogP contribution < -0.4 is 5.73 Å². The van der Waals surface area contributed by atoms with Gasteiger partial charge in [-0.1, -0.05) is 12.2 Å². The normalized spacial score (nSPS) is 54.9. The second-order valence-corrected chi connectivity index (χ2v) is 3.19. The Morgan fingerprint density at radius 2 is 2.44 bits per heavy atom. The van der Waals surface area contributed by atoms with Crippen molar-refractivity contribution < 1.29 is 5.11 Å². The Bertz CT molecular complexity index is 166. The number of fused-ring (bicyclic) bond motifs is 2. The van der Waals surface area contributed by atoms with E-state index in [0.717, 1.165) is 12.8 Å². The van der Waals surface area contributed by atoms with Gasteiger partial charge in [-0.15, -0.1) is 0 Å². The molecule has 2 aliphatic carbocycles. The minimum Gasteiger partial charge on any atom is -0.391 e. The molecule has 0 aromatic rings. The van der Waals surface area contributed by atoms with E-state index in [0.29, 0.717) is 5.92 Å². The maximum absolute atomic E-state index is 9.30.